The molecule has 1 atom stereocenters. The first-order valence-corrected chi connectivity index (χ1v) is 7.47. The Kier molecular flexibility index (Phi) is 4.69. The molecule has 0 amide bonds. The van der Waals surface area contributed by atoms with Gasteiger partial charge in [-0.05, 0) is 36.0 Å². The molecule has 0 saturated carbocycles. The summed E-state index contributed by atoms with van der Waals surface area (Å²) in [7, 11) is 0. The number of nitrogens with zero attached hydrogens (tertiary/aromatic N) is 3. The Labute approximate surface area is 130 Å². The van der Waals surface area contributed by atoms with Crippen LogP contribution in [0.1, 0.15) is 32.8 Å². The highest BCUT2D eigenvalue weighted by atomic mass is 35.5. The summed E-state index contributed by atoms with van der Waals surface area (Å²) in [4.78, 5) is 4.04. The lowest BCUT2D eigenvalue weighted by Gasteiger charge is -2.43. The van der Waals surface area contributed by atoms with Gasteiger partial charge >= 0.3 is 0 Å². The van der Waals surface area contributed by atoms with E-state index in [0.29, 0.717) is 0 Å². The summed E-state index contributed by atoms with van der Waals surface area (Å²) >= 11 is 5.92. The molecule has 0 saturated heterocycles. The van der Waals surface area contributed by atoms with Gasteiger partial charge < -0.3 is 5.11 Å². The van der Waals surface area contributed by atoms with E-state index in [1.54, 1.807) is 11.0 Å². The van der Waals surface area contributed by atoms with Gasteiger partial charge in [0, 0.05) is 5.02 Å². The first kappa shape index (κ1) is 16.0. The molecule has 1 aromatic carbocycles. The predicted molar refractivity (Wildman–Crippen MR) is 84.3 cm³/mol. The predicted octanol–water partition coefficient (Wildman–Crippen LogP) is 3.30. The number of benzene rings is 1. The van der Waals surface area contributed by atoms with Crippen LogP contribution in [0.2, 0.25) is 5.02 Å². The summed E-state index contributed by atoms with van der Waals surface area (Å²) in [6, 6.07) is 7.83. The van der Waals surface area contributed by atoms with Gasteiger partial charge in [-0.2, -0.15) is 5.10 Å². The molecule has 0 spiro atoms. The van der Waals surface area contributed by atoms with Crippen molar-refractivity contribution in [1.29, 1.82) is 0 Å². The second kappa shape index (κ2) is 6.16. The van der Waals surface area contributed by atoms with Crippen LogP contribution in [0.25, 0.3) is 0 Å². The lowest BCUT2D eigenvalue weighted by Crippen LogP contribution is -2.49. The van der Waals surface area contributed by atoms with E-state index in [2.05, 4.69) is 30.9 Å². The van der Waals surface area contributed by atoms with Crippen molar-refractivity contribution in [2.75, 3.05) is 6.61 Å². The maximum Gasteiger partial charge on any atom is 0.137 e. The van der Waals surface area contributed by atoms with Crippen LogP contribution in [0.5, 0.6) is 0 Å². The molecular weight excluding hydrogens is 286 g/mol. The molecule has 0 aliphatic carbocycles. The molecule has 0 fully saturated rings. The molecule has 1 aromatic heterocycles. The minimum atomic E-state index is -0.483. The van der Waals surface area contributed by atoms with Gasteiger partial charge in [-0.3, -0.25) is 0 Å². The molecule has 21 heavy (non-hydrogen) atoms. The fraction of sp³-hybridized carbons (Fsp3) is 0.500. The number of aliphatic hydroxyl groups is 1. The zero-order valence-electron chi connectivity index (χ0n) is 12.8. The summed E-state index contributed by atoms with van der Waals surface area (Å²) in [5.74, 6) is 0. The van der Waals surface area contributed by atoms with Gasteiger partial charge in [0.15, 0.2) is 0 Å². The van der Waals surface area contributed by atoms with Crippen molar-refractivity contribution in [3.8, 4) is 0 Å². The maximum atomic E-state index is 10.1. The summed E-state index contributed by atoms with van der Waals surface area (Å²) in [6.07, 6.45) is 4.81. The SMILES string of the molecule is CC(C)(C)[C@@](CO)(CCc1ccc(Cl)cc1)n1cncn1. The third-order valence-corrected chi connectivity index (χ3v) is 4.51. The van der Waals surface area contributed by atoms with Crippen LogP contribution in [0.4, 0.5) is 0 Å². The molecule has 2 aromatic rings. The first-order valence-electron chi connectivity index (χ1n) is 7.09. The number of hydrogen-bond donors (Lipinski definition) is 1. The van der Waals surface area contributed by atoms with Gasteiger partial charge in [-0.1, -0.05) is 44.5 Å². The van der Waals surface area contributed by atoms with Gasteiger partial charge in [-0.25, -0.2) is 9.67 Å². The lowest BCUT2D eigenvalue weighted by molar-refractivity contribution is 0.00788. The monoisotopic (exact) mass is 307 g/mol. The molecule has 2 rings (SSSR count). The maximum absolute atomic E-state index is 10.1. The fourth-order valence-electron chi connectivity index (χ4n) is 2.65. The van der Waals surface area contributed by atoms with Crippen molar-refractivity contribution in [3.05, 3.63) is 47.5 Å². The Balaban J connectivity index is 2.26. The van der Waals surface area contributed by atoms with Gasteiger partial charge in [0.2, 0.25) is 0 Å². The van der Waals surface area contributed by atoms with Crippen molar-refractivity contribution in [3.63, 3.8) is 0 Å². The molecule has 5 heteroatoms. The lowest BCUT2D eigenvalue weighted by atomic mass is 9.71. The second-order valence-corrected chi connectivity index (χ2v) is 6.84. The Morgan fingerprint density at radius 3 is 2.33 bits per heavy atom. The Bertz CT molecular complexity index is 560. The van der Waals surface area contributed by atoms with E-state index in [1.165, 1.54) is 11.9 Å². The van der Waals surface area contributed by atoms with E-state index >= 15 is 0 Å². The second-order valence-electron chi connectivity index (χ2n) is 6.41. The first-order chi connectivity index (χ1) is 9.89. The van der Waals surface area contributed by atoms with Gasteiger partial charge in [0.05, 0.1) is 12.1 Å². The molecule has 114 valence electrons. The minimum absolute atomic E-state index is 0.0213. The summed E-state index contributed by atoms with van der Waals surface area (Å²) < 4.78 is 1.79. The standard InChI is InChI=1S/C16H22ClN3O/c1-15(2,3)16(10-21,20-12-18-11-19-20)9-8-13-4-6-14(17)7-5-13/h4-7,11-12,21H,8-10H2,1-3H3/t16-/m0/s1. The Morgan fingerprint density at radius 2 is 1.86 bits per heavy atom. The van der Waals surface area contributed by atoms with E-state index in [-0.39, 0.29) is 12.0 Å². The minimum Gasteiger partial charge on any atom is -0.394 e. The van der Waals surface area contributed by atoms with Crippen molar-refractivity contribution >= 4 is 11.6 Å². The van der Waals surface area contributed by atoms with Crippen molar-refractivity contribution in [1.82, 2.24) is 14.8 Å². The topological polar surface area (TPSA) is 50.9 Å². The average Bonchev–Trinajstić information content (AvgIpc) is 2.95. The van der Waals surface area contributed by atoms with E-state index in [1.807, 2.05) is 24.3 Å². The molecule has 0 radical (unpaired) electrons. The van der Waals surface area contributed by atoms with Crippen molar-refractivity contribution in [2.45, 2.75) is 39.2 Å². The smallest absolute Gasteiger partial charge is 0.137 e. The number of hydrogen-bond acceptors (Lipinski definition) is 3. The summed E-state index contributed by atoms with van der Waals surface area (Å²) in [5.41, 5.74) is 0.562. The third-order valence-electron chi connectivity index (χ3n) is 4.26. The van der Waals surface area contributed by atoms with Crippen LogP contribution in [0.3, 0.4) is 0 Å². The molecule has 0 unspecified atom stereocenters. The van der Waals surface area contributed by atoms with Crippen LogP contribution in [0, 0.1) is 5.41 Å². The Morgan fingerprint density at radius 1 is 1.19 bits per heavy atom. The van der Waals surface area contributed by atoms with Crippen molar-refractivity contribution in [2.24, 2.45) is 5.41 Å². The number of aryl methyl sites for hydroxylation is 1. The zero-order chi connectivity index (χ0) is 15.5. The van der Waals surface area contributed by atoms with Crippen LogP contribution < -0.4 is 0 Å². The molecule has 0 aliphatic rings. The van der Waals surface area contributed by atoms with Crippen LogP contribution in [-0.4, -0.2) is 26.5 Å². The van der Waals surface area contributed by atoms with Gasteiger partial charge in [0.25, 0.3) is 0 Å². The molecular formula is C16H22ClN3O. The summed E-state index contributed by atoms with van der Waals surface area (Å²) in [6.45, 7) is 6.37. The normalized spacial score (nSPS) is 14.9. The zero-order valence-corrected chi connectivity index (χ0v) is 13.5. The van der Waals surface area contributed by atoms with Gasteiger partial charge in [0.1, 0.15) is 12.7 Å². The third kappa shape index (κ3) is 3.27. The van der Waals surface area contributed by atoms with E-state index < -0.39 is 5.54 Å². The van der Waals surface area contributed by atoms with E-state index in [0.717, 1.165) is 17.9 Å². The highest BCUT2D eigenvalue weighted by Gasteiger charge is 2.43. The largest absolute Gasteiger partial charge is 0.394 e. The van der Waals surface area contributed by atoms with Gasteiger partial charge in [-0.15, -0.1) is 0 Å². The van der Waals surface area contributed by atoms with Crippen LogP contribution >= 0.6 is 11.6 Å². The van der Waals surface area contributed by atoms with Crippen LogP contribution in [0.15, 0.2) is 36.9 Å². The molecule has 1 heterocycles. The highest BCUT2D eigenvalue weighted by Crippen LogP contribution is 2.40. The molecule has 4 nitrogen and oxygen atoms in total. The number of rotatable bonds is 5. The number of halogens is 1. The molecule has 1 N–H and O–H groups in total. The van der Waals surface area contributed by atoms with Crippen molar-refractivity contribution < 1.29 is 5.11 Å². The average molecular weight is 308 g/mol. The Hall–Kier alpha value is -1.39. The number of aromatic nitrogens is 3. The quantitative estimate of drug-likeness (QED) is 0.922. The van der Waals surface area contributed by atoms with E-state index in [4.69, 9.17) is 11.6 Å². The molecule has 0 bridgehead atoms. The van der Waals surface area contributed by atoms with Crippen LogP contribution in [-0.2, 0) is 12.0 Å². The fourth-order valence-corrected chi connectivity index (χ4v) is 2.78. The molecule has 0 aliphatic heterocycles. The highest BCUT2D eigenvalue weighted by molar-refractivity contribution is 6.30. The number of aliphatic hydroxyl groups excluding tert-OH is 1. The van der Waals surface area contributed by atoms with E-state index in [9.17, 15) is 5.11 Å². The summed E-state index contributed by atoms with van der Waals surface area (Å²) in [5, 5.41) is 15.1.